The molecule has 0 aromatic rings. The first-order chi connectivity index (χ1) is 5.78. The van der Waals surface area contributed by atoms with E-state index in [1.165, 1.54) is 6.42 Å². The lowest BCUT2D eigenvalue weighted by Crippen LogP contribution is -2.03. The smallest absolute Gasteiger partial charge is 0.0196 e. The van der Waals surface area contributed by atoms with Crippen molar-refractivity contribution in [3.05, 3.63) is 38.0 Å². The molecule has 0 heteroatoms. The lowest BCUT2D eigenvalue weighted by molar-refractivity contribution is 0.476. The van der Waals surface area contributed by atoms with E-state index >= 15 is 0 Å². The van der Waals surface area contributed by atoms with Gasteiger partial charge in [0.25, 0.3) is 0 Å². The molecule has 2 unspecified atom stereocenters. The van der Waals surface area contributed by atoms with Crippen LogP contribution in [0.1, 0.15) is 26.2 Å². The first-order valence-electron chi connectivity index (χ1n) is 4.64. The van der Waals surface area contributed by atoms with Gasteiger partial charge < -0.3 is 0 Å². The van der Waals surface area contributed by atoms with Gasteiger partial charge in [-0.05, 0) is 31.1 Å². The Labute approximate surface area is 76.7 Å². The van der Waals surface area contributed by atoms with Gasteiger partial charge in [-0.15, -0.1) is 19.7 Å². The summed E-state index contributed by atoms with van der Waals surface area (Å²) in [5.41, 5.74) is 0. The number of allylic oxidation sites excluding steroid dienone is 3. The van der Waals surface area contributed by atoms with Crippen LogP contribution in [-0.2, 0) is 0 Å². The molecule has 0 bridgehead atoms. The fourth-order valence-electron chi connectivity index (χ4n) is 1.32. The Morgan fingerprint density at radius 3 is 2.00 bits per heavy atom. The van der Waals surface area contributed by atoms with Gasteiger partial charge in [0.1, 0.15) is 0 Å². The van der Waals surface area contributed by atoms with Gasteiger partial charge in [0.05, 0.1) is 0 Å². The molecule has 0 rings (SSSR count). The van der Waals surface area contributed by atoms with E-state index in [1.54, 1.807) is 0 Å². The SMILES string of the molecule is C=CCC(C=C)CC(C=C)CC. The standard InChI is InChI=1S/C12H20/c1-5-9-12(8-4)10-11(6-2)7-3/h5-6,8,11-12H,1-2,4,7,9-10H2,3H3. The van der Waals surface area contributed by atoms with Gasteiger partial charge in [0.15, 0.2) is 0 Å². The van der Waals surface area contributed by atoms with E-state index in [0.717, 1.165) is 12.8 Å². The quantitative estimate of drug-likeness (QED) is 0.499. The molecule has 0 heterocycles. The minimum absolute atomic E-state index is 0.574. The first kappa shape index (κ1) is 11.2. The molecule has 0 fully saturated rings. The third-order valence-electron chi connectivity index (χ3n) is 2.27. The van der Waals surface area contributed by atoms with Crippen molar-refractivity contribution in [2.24, 2.45) is 11.8 Å². The second-order valence-electron chi connectivity index (χ2n) is 3.16. The van der Waals surface area contributed by atoms with Crippen molar-refractivity contribution >= 4 is 0 Å². The molecular formula is C12H20. The van der Waals surface area contributed by atoms with Gasteiger partial charge in [-0.3, -0.25) is 0 Å². The normalized spacial score (nSPS) is 14.8. The van der Waals surface area contributed by atoms with E-state index in [9.17, 15) is 0 Å². The van der Waals surface area contributed by atoms with Crippen LogP contribution in [0, 0.1) is 11.8 Å². The van der Waals surface area contributed by atoms with Crippen LogP contribution in [0.2, 0.25) is 0 Å². The number of rotatable bonds is 7. The van der Waals surface area contributed by atoms with Crippen molar-refractivity contribution in [2.75, 3.05) is 0 Å². The largest absolute Gasteiger partial charge is 0.103 e. The molecule has 0 spiro atoms. The van der Waals surface area contributed by atoms with E-state index in [0.29, 0.717) is 11.8 Å². The zero-order chi connectivity index (χ0) is 9.40. The van der Waals surface area contributed by atoms with Crippen LogP contribution in [0.4, 0.5) is 0 Å². The highest BCUT2D eigenvalue weighted by atomic mass is 14.1. The predicted octanol–water partition coefficient (Wildman–Crippen LogP) is 3.97. The van der Waals surface area contributed by atoms with E-state index in [2.05, 4.69) is 26.7 Å². The lowest BCUT2D eigenvalue weighted by atomic mass is 9.90. The molecule has 0 amide bonds. The summed E-state index contributed by atoms with van der Waals surface area (Å²) in [5.74, 6) is 1.21. The zero-order valence-electron chi connectivity index (χ0n) is 8.13. The Kier molecular flexibility index (Phi) is 6.45. The minimum Gasteiger partial charge on any atom is -0.103 e. The topological polar surface area (TPSA) is 0 Å². The zero-order valence-corrected chi connectivity index (χ0v) is 8.13. The highest BCUT2D eigenvalue weighted by molar-refractivity contribution is 4.89. The highest BCUT2D eigenvalue weighted by Crippen LogP contribution is 2.20. The Hall–Kier alpha value is -0.780. The van der Waals surface area contributed by atoms with E-state index in [4.69, 9.17) is 0 Å². The molecule has 0 radical (unpaired) electrons. The summed E-state index contributed by atoms with van der Waals surface area (Å²) in [6.07, 6.45) is 9.39. The van der Waals surface area contributed by atoms with Crippen LogP contribution in [-0.4, -0.2) is 0 Å². The van der Waals surface area contributed by atoms with Gasteiger partial charge in [-0.25, -0.2) is 0 Å². The van der Waals surface area contributed by atoms with Crippen molar-refractivity contribution in [1.82, 2.24) is 0 Å². The van der Waals surface area contributed by atoms with Gasteiger partial charge in [-0.1, -0.05) is 25.2 Å². The Bertz CT molecular complexity index is 144. The van der Waals surface area contributed by atoms with Gasteiger partial charge in [-0.2, -0.15) is 0 Å². The van der Waals surface area contributed by atoms with Crippen LogP contribution in [0.3, 0.4) is 0 Å². The summed E-state index contributed by atoms with van der Waals surface area (Å²) in [7, 11) is 0. The maximum Gasteiger partial charge on any atom is -0.0196 e. The van der Waals surface area contributed by atoms with Crippen LogP contribution in [0.15, 0.2) is 38.0 Å². The van der Waals surface area contributed by atoms with Gasteiger partial charge in [0, 0.05) is 0 Å². The Morgan fingerprint density at radius 1 is 1.08 bits per heavy atom. The maximum atomic E-state index is 3.82. The van der Waals surface area contributed by atoms with Gasteiger partial charge in [0.2, 0.25) is 0 Å². The van der Waals surface area contributed by atoms with E-state index < -0.39 is 0 Å². The molecule has 0 aromatic heterocycles. The first-order valence-corrected chi connectivity index (χ1v) is 4.64. The summed E-state index contributed by atoms with van der Waals surface area (Å²) in [6.45, 7) is 13.6. The minimum atomic E-state index is 0.574. The predicted molar refractivity (Wildman–Crippen MR) is 57.1 cm³/mol. The highest BCUT2D eigenvalue weighted by Gasteiger charge is 2.07. The van der Waals surface area contributed by atoms with Crippen LogP contribution in [0.5, 0.6) is 0 Å². The fraction of sp³-hybridized carbons (Fsp3) is 0.500. The third kappa shape index (κ3) is 4.17. The van der Waals surface area contributed by atoms with E-state index in [1.807, 2.05) is 18.2 Å². The van der Waals surface area contributed by atoms with Crippen molar-refractivity contribution in [2.45, 2.75) is 26.2 Å². The van der Waals surface area contributed by atoms with Crippen LogP contribution >= 0.6 is 0 Å². The summed E-state index contributed by atoms with van der Waals surface area (Å²) in [6, 6.07) is 0. The van der Waals surface area contributed by atoms with Crippen molar-refractivity contribution in [1.29, 1.82) is 0 Å². The second kappa shape index (κ2) is 6.90. The summed E-state index contributed by atoms with van der Waals surface area (Å²) >= 11 is 0. The maximum absolute atomic E-state index is 3.82. The summed E-state index contributed by atoms with van der Waals surface area (Å²) < 4.78 is 0. The molecule has 0 aliphatic heterocycles. The number of hydrogen-bond acceptors (Lipinski definition) is 0. The average molecular weight is 164 g/mol. The molecule has 12 heavy (non-hydrogen) atoms. The van der Waals surface area contributed by atoms with Gasteiger partial charge >= 0.3 is 0 Å². The Balaban J connectivity index is 3.88. The van der Waals surface area contributed by atoms with Crippen molar-refractivity contribution in [3.63, 3.8) is 0 Å². The molecule has 0 aliphatic rings. The monoisotopic (exact) mass is 164 g/mol. The summed E-state index contributed by atoms with van der Waals surface area (Å²) in [5, 5.41) is 0. The van der Waals surface area contributed by atoms with Crippen LogP contribution in [0.25, 0.3) is 0 Å². The molecule has 0 saturated heterocycles. The number of hydrogen-bond donors (Lipinski definition) is 0. The Morgan fingerprint density at radius 2 is 1.67 bits per heavy atom. The van der Waals surface area contributed by atoms with Crippen molar-refractivity contribution < 1.29 is 0 Å². The third-order valence-corrected chi connectivity index (χ3v) is 2.27. The molecular weight excluding hydrogens is 144 g/mol. The molecule has 0 nitrogen and oxygen atoms in total. The van der Waals surface area contributed by atoms with E-state index in [-0.39, 0.29) is 0 Å². The molecule has 2 atom stereocenters. The molecule has 68 valence electrons. The molecule has 0 N–H and O–H groups in total. The lowest BCUT2D eigenvalue weighted by Gasteiger charge is -2.15. The second-order valence-corrected chi connectivity index (χ2v) is 3.16. The molecule has 0 saturated carbocycles. The molecule has 0 aromatic carbocycles. The van der Waals surface area contributed by atoms with Crippen molar-refractivity contribution in [3.8, 4) is 0 Å². The molecule has 0 aliphatic carbocycles. The fourth-order valence-corrected chi connectivity index (χ4v) is 1.32. The summed E-state index contributed by atoms with van der Waals surface area (Å²) in [4.78, 5) is 0. The average Bonchev–Trinajstić information content (AvgIpc) is 2.12. The van der Waals surface area contributed by atoms with Crippen LogP contribution < -0.4 is 0 Å².